The summed E-state index contributed by atoms with van der Waals surface area (Å²) in [7, 11) is 1.79. The predicted molar refractivity (Wildman–Crippen MR) is 200 cm³/mol. The Bertz CT molecular complexity index is 2200. The number of fused-ring (bicyclic) bond motifs is 3. The van der Waals surface area contributed by atoms with E-state index in [1.54, 1.807) is 11.9 Å². The van der Waals surface area contributed by atoms with Crippen LogP contribution in [0.15, 0.2) is 121 Å². The van der Waals surface area contributed by atoms with Gasteiger partial charge in [-0.05, 0) is 95.8 Å². The van der Waals surface area contributed by atoms with Crippen molar-refractivity contribution in [2.75, 3.05) is 11.9 Å². The molecule has 2 aliphatic heterocycles. The van der Waals surface area contributed by atoms with Crippen LogP contribution in [0.4, 0.5) is 5.69 Å². The average molecular weight is 683 g/mol. The van der Waals surface area contributed by atoms with Crippen molar-refractivity contribution in [3.63, 3.8) is 0 Å². The van der Waals surface area contributed by atoms with E-state index in [0.717, 1.165) is 58.8 Å². The molecule has 7 nitrogen and oxygen atoms in total. The highest BCUT2D eigenvalue weighted by Gasteiger charge is 2.31. The molecular formula is C42H39ClN4O3. The molecule has 0 spiro atoms. The van der Waals surface area contributed by atoms with Gasteiger partial charge in [0, 0.05) is 55.7 Å². The topological polar surface area (TPSA) is 66.3 Å². The van der Waals surface area contributed by atoms with E-state index in [9.17, 15) is 9.59 Å². The van der Waals surface area contributed by atoms with Crippen LogP contribution in [0.2, 0.25) is 0 Å². The van der Waals surface area contributed by atoms with Gasteiger partial charge in [0.25, 0.3) is 11.8 Å². The SMILES string of the molecule is C[C@@H]1Cc2ccccc2CN1C(=O)c1cc2c(cc1-c1cc(C(=O)N(C)c3ccc(OCc4ccccc4)cc3)c3ccccn13)CNC2.Cl. The van der Waals surface area contributed by atoms with E-state index < -0.39 is 0 Å². The number of aromatic nitrogens is 1. The van der Waals surface area contributed by atoms with Crippen molar-refractivity contribution in [1.29, 1.82) is 0 Å². The number of halogens is 1. The van der Waals surface area contributed by atoms with Gasteiger partial charge >= 0.3 is 0 Å². The average Bonchev–Trinajstić information content (AvgIpc) is 3.77. The van der Waals surface area contributed by atoms with Crippen molar-refractivity contribution >= 4 is 35.4 Å². The lowest BCUT2D eigenvalue weighted by Gasteiger charge is -2.35. The van der Waals surface area contributed by atoms with Gasteiger partial charge in [0.05, 0.1) is 16.8 Å². The third kappa shape index (κ3) is 6.15. The van der Waals surface area contributed by atoms with Crippen molar-refractivity contribution in [3.8, 4) is 17.0 Å². The molecule has 2 aromatic heterocycles. The number of rotatable bonds is 7. The minimum atomic E-state index is -0.134. The summed E-state index contributed by atoms with van der Waals surface area (Å²) in [5.41, 5.74) is 10.3. The lowest BCUT2D eigenvalue weighted by molar-refractivity contribution is 0.0659. The lowest BCUT2D eigenvalue weighted by atomic mass is 9.92. The molecule has 2 amide bonds. The van der Waals surface area contributed by atoms with E-state index in [-0.39, 0.29) is 30.3 Å². The standard InChI is InChI=1S/C42H38N4O3.ClH/c1-28-20-30-12-6-7-13-31(30)26-46(28)42(48)37-22-33-25-43-24-32(33)21-36(37)40-23-38(39-14-8-9-19-45(39)40)41(47)44(2)34-15-17-35(18-16-34)49-27-29-10-4-3-5-11-29;/h3-19,21-23,28,43H,20,24-27H2,1-2H3;1H/t28-;/m1./s1. The van der Waals surface area contributed by atoms with Crippen molar-refractivity contribution in [1.82, 2.24) is 14.6 Å². The van der Waals surface area contributed by atoms with Gasteiger partial charge in [-0.3, -0.25) is 9.59 Å². The molecule has 0 bridgehead atoms. The number of ether oxygens (including phenoxy) is 1. The van der Waals surface area contributed by atoms with Gasteiger partial charge in [-0.15, -0.1) is 12.4 Å². The molecular weight excluding hydrogens is 644 g/mol. The summed E-state index contributed by atoms with van der Waals surface area (Å²) in [6, 6.07) is 38.1. The zero-order valence-corrected chi connectivity index (χ0v) is 29.0. The Kier molecular flexibility index (Phi) is 9.19. The van der Waals surface area contributed by atoms with Gasteiger partial charge < -0.3 is 24.3 Å². The van der Waals surface area contributed by atoms with Gasteiger partial charge in [0.15, 0.2) is 0 Å². The summed E-state index contributed by atoms with van der Waals surface area (Å²) in [5.74, 6) is 0.613. The molecule has 2 aliphatic rings. The second-order valence-corrected chi connectivity index (χ2v) is 13.1. The minimum Gasteiger partial charge on any atom is -0.489 e. The molecule has 1 N–H and O–H groups in total. The number of pyridine rings is 1. The molecule has 0 aliphatic carbocycles. The van der Waals surface area contributed by atoms with Gasteiger partial charge in [-0.25, -0.2) is 0 Å². The molecule has 8 rings (SSSR count). The summed E-state index contributed by atoms with van der Waals surface area (Å²) in [6.45, 7) is 4.65. The number of benzene rings is 4. The number of hydrogen-bond donors (Lipinski definition) is 1. The first-order chi connectivity index (χ1) is 23.9. The summed E-state index contributed by atoms with van der Waals surface area (Å²) >= 11 is 0. The van der Waals surface area contributed by atoms with Crippen LogP contribution in [0.1, 0.15) is 55.5 Å². The smallest absolute Gasteiger partial charge is 0.260 e. The Balaban J connectivity index is 0.00000392. The largest absolute Gasteiger partial charge is 0.489 e. The van der Waals surface area contributed by atoms with Crippen LogP contribution in [0, 0.1) is 0 Å². The molecule has 0 radical (unpaired) electrons. The second kappa shape index (κ2) is 13.9. The van der Waals surface area contributed by atoms with E-state index in [4.69, 9.17) is 4.74 Å². The van der Waals surface area contributed by atoms with Crippen molar-refractivity contribution in [2.45, 2.75) is 45.6 Å². The highest BCUT2D eigenvalue weighted by molar-refractivity contribution is 6.12. The van der Waals surface area contributed by atoms with Crippen LogP contribution in [-0.2, 0) is 32.7 Å². The fourth-order valence-electron chi connectivity index (χ4n) is 7.18. The summed E-state index contributed by atoms with van der Waals surface area (Å²) in [6.07, 6.45) is 2.79. The number of carbonyl (C=O) groups is 2. The van der Waals surface area contributed by atoms with E-state index in [1.165, 1.54) is 16.7 Å². The molecule has 0 unspecified atom stereocenters. The minimum absolute atomic E-state index is 0. The molecule has 8 heteroatoms. The third-order valence-electron chi connectivity index (χ3n) is 9.93. The molecule has 0 saturated heterocycles. The Labute approximate surface area is 298 Å². The number of carbonyl (C=O) groups excluding carboxylic acids is 2. The quantitative estimate of drug-likeness (QED) is 0.185. The van der Waals surface area contributed by atoms with Crippen LogP contribution in [0.3, 0.4) is 0 Å². The predicted octanol–water partition coefficient (Wildman–Crippen LogP) is 8.07. The molecule has 0 fully saturated rings. The molecule has 0 saturated carbocycles. The molecule has 1 atom stereocenters. The maximum Gasteiger partial charge on any atom is 0.260 e. The van der Waals surface area contributed by atoms with Gasteiger partial charge in [-0.1, -0.05) is 60.7 Å². The number of anilines is 1. The van der Waals surface area contributed by atoms with Crippen molar-refractivity contribution in [2.24, 2.45) is 0 Å². The summed E-state index contributed by atoms with van der Waals surface area (Å²) in [5, 5.41) is 3.45. The van der Waals surface area contributed by atoms with Crippen LogP contribution in [-0.4, -0.2) is 34.2 Å². The van der Waals surface area contributed by atoms with Crippen molar-refractivity contribution in [3.05, 3.63) is 160 Å². The first-order valence-corrected chi connectivity index (χ1v) is 16.8. The van der Waals surface area contributed by atoms with Gasteiger partial charge in [-0.2, -0.15) is 0 Å². The Hall–Kier alpha value is -5.37. The number of nitrogens with one attached hydrogen (secondary N) is 1. The van der Waals surface area contributed by atoms with Crippen LogP contribution in [0.25, 0.3) is 16.8 Å². The summed E-state index contributed by atoms with van der Waals surface area (Å²) < 4.78 is 8.01. The molecule has 4 aromatic carbocycles. The molecule has 50 heavy (non-hydrogen) atoms. The molecule has 252 valence electrons. The third-order valence-corrected chi connectivity index (χ3v) is 9.93. The van der Waals surface area contributed by atoms with Crippen molar-refractivity contribution < 1.29 is 14.3 Å². The monoisotopic (exact) mass is 682 g/mol. The van der Waals surface area contributed by atoms with E-state index >= 15 is 0 Å². The molecule has 6 aromatic rings. The lowest BCUT2D eigenvalue weighted by Crippen LogP contribution is -2.42. The fraction of sp³-hybridized carbons (Fsp3) is 0.190. The number of nitrogens with zero attached hydrogens (tertiary/aromatic N) is 3. The highest BCUT2D eigenvalue weighted by Crippen LogP contribution is 2.36. The van der Waals surface area contributed by atoms with Gasteiger partial charge in [0.2, 0.25) is 0 Å². The van der Waals surface area contributed by atoms with Crippen LogP contribution in [0.5, 0.6) is 5.75 Å². The number of hydrogen-bond acceptors (Lipinski definition) is 4. The first kappa shape index (κ1) is 33.1. The fourth-order valence-corrected chi connectivity index (χ4v) is 7.18. The van der Waals surface area contributed by atoms with Gasteiger partial charge in [0.1, 0.15) is 12.4 Å². The van der Waals surface area contributed by atoms with Crippen LogP contribution < -0.4 is 15.0 Å². The Morgan fingerprint density at radius 1 is 0.800 bits per heavy atom. The summed E-state index contributed by atoms with van der Waals surface area (Å²) in [4.78, 5) is 32.4. The maximum absolute atomic E-state index is 14.5. The first-order valence-electron chi connectivity index (χ1n) is 16.8. The Morgan fingerprint density at radius 3 is 2.28 bits per heavy atom. The second-order valence-electron chi connectivity index (χ2n) is 13.1. The van der Waals surface area contributed by atoms with E-state index in [0.29, 0.717) is 24.3 Å². The highest BCUT2D eigenvalue weighted by atomic mass is 35.5. The normalized spacial score (nSPS) is 14.8. The zero-order valence-electron chi connectivity index (χ0n) is 28.1. The maximum atomic E-state index is 14.5. The number of amides is 2. The zero-order chi connectivity index (χ0) is 33.5. The Morgan fingerprint density at radius 2 is 1.50 bits per heavy atom. The van der Waals surface area contributed by atoms with E-state index in [2.05, 4.69) is 42.6 Å². The van der Waals surface area contributed by atoms with Crippen LogP contribution >= 0.6 is 12.4 Å². The molecule has 4 heterocycles. The van der Waals surface area contributed by atoms with E-state index in [1.807, 2.05) is 100 Å².